The zero-order chi connectivity index (χ0) is 15.2. The highest BCUT2D eigenvalue weighted by Crippen LogP contribution is 2.13. The van der Waals surface area contributed by atoms with Crippen molar-refractivity contribution in [3.8, 4) is 5.75 Å². The molecule has 0 bridgehead atoms. The molecule has 5 heteroatoms. The Balaban J connectivity index is 1.40. The molecule has 0 aliphatic carbocycles. The topological polar surface area (TPSA) is 41.5 Å². The van der Waals surface area contributed by atoms with Crippen molar-refractivity contribution in [1.82, 2.24) is 14.9 Å². The van der Waals surface area contributed by atoms with Gasteiger partial charge in [-0.2, -0.15) is 0 Å². The summed E-state index contributed by atoms with van der Waals surface area (Å²) in [7, 11) is 0. The Morgan fingerprint density at radius 2 is 1.82 bits per heavy atom. The number of ether oxygens (including phenoxy) is 1. The molecule has 0 N–H and O–H groups in total. The van der Waals surface area contributed by atoms with Gasteiger partial charge in [-0.3, -0.25) is 9.88 Å². The van der Waals surface area contributed by atoms with Crippen LogP contribution in [0, 0.1) is 6.92 Å². The highest BCUT2D eigenvalue weighted by molar-refractivity contribution is 5.35. The number of aromatic nitrogens is 2. The van der Waals surface area contributed by atoms with Crippen molar-refractivity contribution in [3.05, 3.63) is 48.4 Å². The van der Waals surface area contributed by atoms with Crippen LogP contribution in [0.1, 0.15) is 5.56 Å². The second-order valence-corrected chi connectivity index (χ2v) is 5.55. The normalized spacial score (nSPS) is 15.8. The first kappa shape index (κ1) is 14.8. The van der Waals surface area contributed by atoms with Gasteiger partial charge in [-0.25, -0.2) is 4.98 Å². The van der Waals surface area contributed by atoms with E-state index in [1.165, 1.54) is 5.56 Å². The number of aryl methyl sites for hydroxylation is 1. The van der Waals surface area contributed by atoms with Crippen LogP contribution in [0.3, 0.4) is 0 Å². The lowest BCUT2D eigenvalue weighted by atomic mass is 10.2. The van der Waals surface area contributed by atoms with Crippen LogP contribution < -0.4 is 9.64 Å². The number of hydrogen-bond acceptors (Lipinski definition) is 5. The van der Waals surface area contributed by atoms with Crippen molar-refractivity contribution < 1.29 is 4.74 Å². The third-order valence-electron chi connectivity index (χ3n) is 3.94. The average Bonchev–Trinajstić information content (AvgIpc) is 2.58. The molecule has 0 spiro atoms. The molecule has 0 unspecified atom stereocenters. The molecule has 1 aliphatic rings. The van der Waals surface area contributed by atoms with Gasteiger partial charge in [0.05, 0.1) is 6.20 Å². The summed E-state index contributed by atoms with van der Waals surface area (Å²) in [6, 6.07) is 8.21. The summed E-state index contributed by atoms with van der Waals surface area (Å²) in [5.41, 5.74) is 1.26. The quantitative estimate of drug-likeness (QED) is 0.844. The largest absolute Gasteiger partial charge is 0.492 e. The summed E-state index contributed by atoms with van der Waals surface area (Å²) in [6.45, 7) is 7.82. The van der Waals surface area contributed by atoms with Gasteiger partial charge in [0.1, 0.15) is 18.2 Å². The van der Waals surface area contributed by atoms with E-state index in [1.807, 2.05) is 18.3 Å². The SMILES string of the molecule is Cc1ccc(OCCN2CCN(c3cnccn3)CC2)cc1. The Hall–Kier alpha value is -2.14. The maximum absolute atomic E-state index is 5.80. The third-order valence-corrected chi connectivity index (χ3v) is 3.94. The number of piperazine rings is 1. The van der Waals surface area contributed by atoms with Gasteiger partial charge < -0.3 is 9.64 Å². The summed E-state index contributed by atoms with van der Waals surface area (Å²) in [6.07, 6.45) is 5.29. The molecule has 0 radical (unpaired) electrons. The van der Waals surface area contributed by atoms with Gasteiger partial charge in [-0.1, -0.05) is 17.7 Å². The van der Waals surface area contributed by atoms with E-state index in [1.54, 1.807) is 12.4 Å². The smallest absolute Gasteiger partial charge is 0.147 e. The standard InChI is InChI=1S/C17H22N4O/c1-15-2-4-16(5-3-15)22-13-12-20-8-10-21(11-9-20)17-14-18-6-7-19-17/h2-7,14H,8-13H2,1H3. The van der Waals surface area contributed by atoms with Gasteiger partial charge in [0.25, 0.3) is 0 Å². The van der Waals surface area contributed by atoms with Crippen LogP contribution in [0.4, 0.5) is 5.82 Å². The van der Waals surface area contributed by atoms with E-state index in [4.69, 9.17) is 4.74 Å². The molecule has 116 valence electrons. The molecule has 1 saturated heterocycles. The molecule has 22 heavy (non-hydrogen) atoms. The highest BCUT2D eigenvalue weighted by Gasteiger charge is 2.17. The minimum absolute atomic E-state index is 0.730. The lowest BCUT2D eigenvalue weighted by Crippen LogP contribution is -2.47. The molecule has 2 aromatic rings. The molecule has 1 fully saturated rings. The van der Waals surface area contributed by atoms with Gasteiger partial charge in [-0.05, 0) is 19.1 Å². The summed E-state index contributed by atoms with van der Waals surface area (Å²) in [4.78, 5) is 13.2. The lowest BCUT2D eigenvalue weighted by molar-refractivity contribution is 0.200. The zero-order valence-corrected chi connectivity index (χ0v) is 13.0. The number of anilines is 1. The predicted molar refractivity (Wildman–Crippen MR) is 87.4 cm³/mol. The molecular weight excluding hydrogens is 276 g/mol. The lowest BCUT2D eigenvalue weighted by Gasteiger charge is -2.35. The van der Waals surface area contributed by atoms with Crippen molar-refractivity contribution >= 4 is 5.82 Å². The van der Waals surface area contributed by atoms with Crippen molar-refractivity contribution in [2.45, 2.75) is 6.92 Å². The third kappa shape index (κ3) is 3.95. The Morgan fingerprint density at radius 1 is 1.05 bits per heavy atom. The Bertz CT molecular complexity index is 565. The Morgan fingerprint density at radius 3 is 2.50 bits per heavy atom. The van der Waals surface area contributed by atoms with Crippen LogP contribution >= 0.6 is 0 Å². The fourth-order valence-corrected chi connectivity index (χ4v) is 2.58. The first-order chi connectivity index (χ1) is 10.8. The molecule has 0 saturated carbocycles. The Labute approximate surface area is 131 Å². The van der Waals surface area contributed by atoms with E-state index in [0.717, 1.165) is 50.9 Å². The molecule has 1 aromatic carbocycles. The van der Waals surface area contributed by atoms with Crippen LogP contribution in [0.15, 0.2) is 42.9 Å². The van der Waals surface area contributed by atoms with Crippen LogP contribution in [-0.2, 0) is 0 Å². The van der Waals surface area contributed by atoms with Gasteiger partial charge in [0, 0.05) is 45.1 Å². The minimum Gasteiger partial charge on any atom is -0.492 e. The van der Waals surface area contributed by atoms with E-state index in [9.17, 15) is 0 Å². The predicted octanol–water partition coefficient (Wildman–Crippen LogP) is 1.99. The van der Waals surface area contributed by atoms with Gasteiger partial charge in [0.15, 0.2) is 0 Å². The highest BCUT2D eigenvalue weighted by atomic mass is 16.5. The van der Waals surface area contributed by atoms with Gasteiger partial charge in [0.2, 0.25) is 0 Å². The van der Waals surface area contributed by atoms with Crippen LogP contribution in [-0.4, -0.2) is 54.2 Å². The van der Waals surface area contributed by atoms with Gasteiger partial charge >= 0.3 is 0 Å². The summed E-state index contributed by atoms with van der Waals surface area (Å²) >= 11 is 0. The minimum atomic E-state index is 0.730. The summed E-state index contributed by atoms with van der Waals surface area (Å²) in [5, 5.41) is 0. The fourth-order valence-electron chi connectivity index (χ4n) is 2.58. The second kappa shape index (κ2) is 7.22. The molecular formula is C17H22N4O. The number of rotatable bonds is 5. The molecule has 0 atom stereocenters. The molecule has 1 aliphatic heterocycles. The van der Waals surface area contributed by atoms with E-state index in [2.05, 4.69) is 38.8 Å². The van der Waals surface area contributed by atoms with Crippen molar-refractivity contribution in [2.75, 3.05) is 44.2 Å². The molecule has 0 amide bonds. The first-order valence-corrected chi connectivity index (χ1v) is 7.74. The van der Waals surface area contributed by atoms with E-state index >= 15 is 0 Å². The summed E-state index contributed by atoms with van der Waals surface area (Å²) < 4.78 is 5.80. The summed E-state index contributed by atoms with van der Waals surface area (Å²) in [5.74, 6) is 1.92. The molecule has 5 nitrogen and oxygen atoms in total. The van der Waals surface area contributed by atoms with E-state index in [-0.39, 0.29) is 0 Å². The average molecular weight is 298 g/mol. The van der Waals surface area contributed by atoms with E-state index in [0.29, 0.717) is 0 Å². The number of nitrogens with zero attached hydrogens (tertiary/aromatic N) is 4. The fraction of sp³-hybridized carbons (Fsp3) is 0.412. The molecule has 2 heterocycles. The maximum atomic E-state index is 5.80. The van der Waals surface area contributed by atoms with Crippen LogP contribution in [0.5, 0.6) is 5.75 Å². The first-order valence-electron chi connectivity index (χ1n) is 7.74. The monoisotopic (exact) mass is 298 g/mol. The second-order valence-electron chi connectivity index (χ2n) is 5.55. The van der Waals surface area contributed by atoms with Crippen LogP contribution in [0.25, 0.3) is 0 Å². The van der Waals surface area contributed by atoms with E-state index < -0.39 is 0 Å². The van der Waals surface area contributed by atoms with Gasteiger partial charge in [-0.15, -0.1) is 0 Å². The van der Waals surface area contributed by atoms with Crippen molar-refractivity contribution in [3.63, 3.8) is 0 Å². The van der Waals surface area contributed by atoms with Crippen molar-refractivity contribution in [1.29, 1.82) is 0 Å². The van der Waals surface area contributed by atoms with Crippen molar-refractivity contribution in [2.24, 2.45) is 0 Å². The zero-order valence-electron chi connectivity index (χ0n) is 13.0. The molecule has 1 aromatic heterocycles. The molecule has 3 rings (SSSR count). The number of benzene rings is 1. The Kier molecular flexibility index (Phi) is 4.85. The van der Waals surface area contributed by atoms with Crippen LogP contribution in [0.2, 0.25) is 0 Å². The number of hydrogen-bond donors (Lipinski definition) is 0. The maximum Gasteiger partial charge on any atom is 0.147 e.